The summed E-state index contributed by atoms with van der Waals surface area (Å²) in [6.45, 7) is 6.17. The van der Waals surface area contributed by atoms with E-state index in [0.717, 1.165) is 32.4 Å². The number of piperidine rings is 1. The van der Waals surface area contributed by atoms with Crippen molar-refractivity contribution in [2.45, 2.75) is 45.6 Å². The maximum atomic E-state index is 12.4. The van der Waals surface area contributed by atoms with E-state index < -0.39 is 12.0 Å². The Morgan fingerprint density at radius 3 is 2.22 bits per heavy atom. The Morgan fingerprint density at radius 2 is 1.65 bits per heavy atom. The minimum Gasteiger partial charge on any atom is -0.480 e. The molecule has 2 heterocycles. The number of rotatable bonds is 4. The number of carbonyl (C=O) groups is 3. The Labute approximate surface area is 137 Å². The number of aliphatic carboxylic acids is 1. The molecule has 3 amide bonds. The first-order chi connectivity index (χ1) is 10.9. The van der Waals surface area contributed by atoms with Gasteiger partial charge in [-0.25, -0.2) is 9.59 Å². The monoisotopic (exact) mass is 325 g/mol. The second-order valence-electron chi connectivity index (χ2n) is 6.83. The zero-order chi connectivity index (χ0) is 17.0. The number of urea groups is 1. The lowest BCUT2D eigenvalue weighted by Crippen LogP contribution is -2.52. The molecule has 2 rings (SSSR count). The third-order valence-corrected chi connectivity index (χ3v) is 4.67. The van der Waals surface area contributed by atoms with Crippen LogP contribution in [-0.2, 0) is 9.59 Å². The molecule has 2 fully saturated rings. The first-order valence-electron chi connectivity index (χ1n) is 8.47. The summed E-state index contributed by atoms with van der Waals surface area (Å²) in [7, 11) is 0. The molecule has 7 heteroatoms. The smallest absolute Gasteiger partial charge is 0.326 e. The SMILES string of the molecule is CC(C)C(NC(=O)C1CCCN(C(=O)N2CCCC2)C1)C(=O)O. The Balaban J connectivity index is 1.93. The summed E-state index contributed by atoms with van der Waals surface area (Å²) in [5.74, 6) is -1.78. The lowest BCUT2D eigenvalue weighted by molar-refractivity contribution is -0.144. The maximum absolute atomic E-state index is 12.4. The van der Waals surface area contributed by atoms with Crippen LogP contribution in [0.2, 0.25) is 0 Å². The topological polar surface area (TPSA) is 90.0 Å². The molecule has 2 unspecified atom stereocenters. The van der Waals surface area contributed by atoms with Crippen molar-refractivity contribution in [2.75, 3.05) is 26.2 Å². The maximum Gasteiger partial charge on any atom is 0.326 e. The van der Waals surface area contributed by atoms with Gasteiger partial charge in [0.05, 0.1) is 5.92 Å². The van der Waals surface area contributed by atoms with Gasteiger partial charge in [0.1, 0.15) is 6.04 Å². The molecule has 0 aliphatic carbocycles. The summed E-state index contributed by atoms with van der Waals surface area (Å²) in [6.07, 6.45) is 3.55. The molecular formula is C16H27N3O4. The van der Waals surface area contributed by atoms with Gasteiger partial charge in [-0.2, -0.15) is 0 Å². The Morgan fingerprint density at radius 1 is 1.04 bits per heavy atom. The van der Waals surface area contributed by atoms with Gasteiger partial charge in [0.25, 0.3) is 0 Å². The lowest BCUT2D eigenvalue weighted by Gasteiger charge is -2.35. The molecule has 130 valence electrons. The van der Waals surface area contributed by atoms with Crippen LogP contribution in [0.15, 0.2) is 0 Å². The number of amides is 3. The zero-order valence-corrected chi connectivity index (χ0v) is 14.0. The van der Waals surface area contributed by atoms with Crippen LogP contribution >= 0.6 is 0 Å². The second-order valence-corrected chi connectivity index (χ2v) is 6.83. The van der Waals surface area contributed by atoms with Gasteiger partial charge in [-0.3, -0.25) is 4.79 Å². The first-order valence-corrected chi connectivity index (χ1v) is 8.47. The van der Waals surface area contributed by atoms with E-state index in [1.165, 1.54) is 0 Å². The fourth-order valence-electron chi connectivity index (χ4n) is 3.26. The van der Waals surface area contributed by atoms with E-state index in [0.29, 0.717) is 19.5 Å². The summed E-state index contributed by atoms with van der Waals surface area (Å²) in [5.41, 5.74) is 0. The third-order valence-electron chi connectivity index (χ3n) is 4.67. The fourth-order valence-corrected chi connectivity index (χ4v) is 3.26. The van der Waals surface area contributed by atoms with Gasteiger partial charge in [-0.1, -0.05) is 13.8 Å². The molecule has 0 radical (unpaired) electrons. The summed E-state index contributed by atoms with van der Waals surface area (Å²) < 4.78 is 0. The number of carboxylic acids is 1. The van der Waals surface area contributed by atoms with E-state index in [-0.39, 0.29) is 23.8 Å². The van der Waals surface area contributed by atoms with Gasteiger partial charge in [0, 0.05) is 26.2 Å². The Bertz CT molecular complexity index is 460. The molecule has 0 aromatic rings. The lowest BCUT2D eigenvalue weighted by atomic mass is 9.96. The van der Waals surface area contributed by atoms with Crippen molar-refractivity contribution in [3.8, 4) is 0 Å². The summed E-state index contributed by atoms with van der Waals surface area (Å²) >= 11 is 0. The molecule has 0 aromatic carbocycles. The summed E-state index contributed by atoms with van der Waals surface area (Å²) in [4.78, 5) is 39.6. The van der Waals surface area contributed by atoms with Crippen LogP contribution in [0.3, 0.4) is 0 Å². The predicted octanol–water partition coefficient (Wildman–Crippen LogP) is 1.14. The van der Waals surface area contributed by atoms with Gasteiger partial charge in [-0.15, -0.1) is 0 Å². The number of hydrogen-bond acceptors (Lipinski definition) is 3. The molecule has 2 N–H and O–H groups in total. The molecule has 0 bridgehead atoms. The molecule has 2 aliphatic heterocycles. The van der Waals surface area contributed by atoms with E-state index in [4.69, 9.17) is 0 Å². The number of carbonyl (C=O) groups excluding carboxylic acids is 2. The van der Waals surface area contributed by atoms with E-state index >= 15 is 0 Å². The number of hydrogen-bond donors (Lipinski definition) is 2. The Hall–Kier alpha value is -1.79. The van der Waals surface area contributed by atoms with Gasteiger partial charge >= 0.3 is 12.0 Å². The van der Waals surface area contributed by atoms with Gasteiger partial charge < -0.3 is 20.2 Å². The zero-order valence-electron chi connectivity index (χ0n) is 14.0. The number of carboxylic acid groups (broad SMARTS) is 1. The fraction of sp³-hybridized carbons (Fsp3) is 0.812. The van der Waals surface area contributed by atoms with Crippen molar-refractivity contribution >= 4 is 17.9 Å². The van der Waals surface area contributed by atoms with Crippen LogP contribution in [0.25, 0.3) is 0 Å². The van der Waals surface area contributed by atoms with Crippen molar-refractivity contribution in [1.29, 1.82) is 0 Å². The van der Waals surface area contributed by atoms with Gasteiger partial charge in [0.15, 0.2) is 0 Å². The van der Waals surface area contributed by atoms with Crippen molar-refractivity contribution < 1.29 is 19.5 Å². The molecule has 2 atom stereocenters. The molecule has 0 spiro atoms. The highest BCUT2D eigenvalue weighted by Gasteiger charge is 2.33. The summed E-state index contributed by atoms with van der Waals surface area (Å²) in [5, 5.41) is 11.8. The van der Waals surface area contributed by atoms with Crippen molar-refractivity contribution in [2.24, 2.45) is 11.8 Å². The van der Waals surface area contributed by atoms with E-state index in [2.05, 4.69) is 5.32 Å². The first kappa shape index (κ1) is 17.6. The predicted molar refractivity (Wildman–Crippen MR) is 84.9 cm³/mol. The van der Waals surface area contributed by atoms with Crippen LogP contribution in [-0.4, -0.2) is 65.0 Å². The van der Waals surface area contributed by atoms with Crippen LogP contribution in [0.4, 0.5) is 4.79 Å². The highest BCUT2D eigenvalue weighted by Crippen LogP contribution is 2.20. The minimum absolute atomic E-state index is 0.0126. The quantitative estimate of drug-likeness (QED) is 0.811. The van der Waals surface area contributed by atoms with Gasteiger partial charge in [0.2, 0.25) is 5.91 Å². The second kappa shape index (κ2) is 7.66. The Kier molecular flexibility index (Phi) is 5.85. The average Bonchev–Trinajstić information content (AvgIpc) is 3.05. The largest absolute Gasteiger partial charge is 0.480 e. The summed E-state index contributed by atoms with van der Waals surface area (Å²) in [6, 6.07) is -0.870. The number of nitrogens with one attached hydrogen (secondary N) is 1. The molecule has 0 saturated carbocycles. The van der Waals surface area contributed by atoms with Crippen LogP contribution in [0.5, 0.6) is 0 Å². The van der Waals surface area contributed by atoms with Crippen LogP contribution < -0.4 is 5.32 Å². The molecular weight excluding hydrogens is 298 g/mol. The van der Waals surface area contributed by atoms with Gasteiger partial charge in [-0.05, 0) is 31.6 Å². The highest BCUT2D eigenvalue weighted by molar-refractivity contribution is 5.86. The van der Waals surface area contributed by atoms with E-state index in [9.17, 15) is 19.5 Å². The van der Waals surface area contributed by atoms with E-state index in [1.807, 2.05) is 4.90 Å². The average molecular weight is 325 g/mol. The van der Waals surface area contributed by atoms with Crippen molar-refractivity contribution in [1.82, 2.24) is 15.1 Å². The third kappa shape index (κ3) is 4.36. The molecule has 23 heavy (non-hydrogen) atoms. The molecule has 2 aliphatic rings. The normalized spacial score (nSPS) is 23.0. The van der Waals surface area contributed by atoms with Crippen LogP contribution in [0, 0.1) is 11.8 Å². The van der Waals surface area contributed by atoms with Crippen LogP contribution in [0.1, 0.15) is 39.5 Å². The number of nitrogens with zero attached hydrogens (tertiary/aromatic N) is 2. The highest BCUT2D eigenvalue weighted by atomic mass is 16.4. The minimum atomic E-state index is -1.02. The molecule has 7 nitrogen and oxygen atoms in total. The number of likely N-dealkylation sites (tertiary alicyclic amines) is 2. The standard InChI is InChI=1S/C16H27N3O4/c1-11(2)13(15(21)22)17-14(20)12-6-5-9-19(10-12)16(23)18-7-3-4-8-18/h11-13H,3-10H2,1-2H3,(H,17,20)(H,21,22). The van der Waals surface area contributed by atoms with Crippen molar-refractivity contribution in [3.63, 3.8) is 0 Å². The van der Waals surface area contributed by atoms with Crippen molar-refractivity contribution in [3.05, 3.63) is 0 Å². The van der Waals surface area contributed by atoms with E-state index in [1.54, 1.807) is 18.7 Å². The molecule has 2 saturated heterocycles. The molecule has 0 aromatic heterocycles.